The molecule has 1 heterocycles. The number of anilines is 1. The molecule has 0 fully saturated rings. The number of benzene rings is 1. The minimum Gasteiger partial charge on any atom is -0.494 e. The van der Waals surface area contributed by atoms with Gasteiger partial charge in [0.15, 0.2) is 0 Å². The normalized spacial score (nSPS) is 10.1. The van der Waals surface area contributed by atoms with Crippen molar-refractivity contribution in [2.45, 2.75) is 0 Å². The number of aromatic nitrogens is 2. The lowest BCUT2D eigenvalue weighted by atomic mass is 10.2. The zero-order chi connectivity index (χ0) is 17.1. The van der Waals surface area contributed by atoms with Gasteiger partial charge in [0, 0.05) is 33.9 Å². The van der Waals surface area contributed by atoms with Crippen LogP contribution >= 0.6 is 0 Å². The largest absolute Gasteiger partial charge is 0.494 e. The van der Waals surface area contributed by atoms with Gasteiger partial charge in [0.2, 0.25) is 5.88 Å². The van der Waals surface area contributed by atoms with Crippen molar-refractivity contribution in [1.29, 1.82) is 0 Å². The van der Waals surface area contributed by atoms with Crippen molar-refractivity contribution in [3.8, 4) is 5.88 Å². The van der Waals surface area contributed by atoms with Crippen molar-refractivity contribution in [1.82, 2.24) is 9.13 Å². The first kappa shape index (κ1) is 16.4. The summed E-state index contributed by atoms with van der Waals surface area (Å²) in [5.41, 5.74) is 3.75. The van der Waals surface area contributed by atoms with E-state index in [4.69, 9.17) is 0 Å². The topological polar surface area (TPSA) is 67.5 Å². The van der Waals surface area contributed by atoms with Crippen LogP contribution in [0.1, 0.15) is 11.1 Å². The fourth-order valence-corrected chi connectivity index (χ4v) is 2.08. The molecular weight excluding hydrogens is 294 g/mol. The van der Waals surface area contributed by atoms with Gasteiger partial charge in [-0.2, -0.15) is 0 Å². The molecule has 0 radical (unpaired) electrons. The maximum atomic E-state index is 12.0. The molecule has 6 heteroatoms. The summed E-state index contributed by atoms with van der Waals surface area (Å²) < 4.78 is 1.96. The van der Waals surface area contributed by atoms with Crippen LogP contribution in [0.5, 0.6) is 5.88 Å². The van der Waals surface area contributed by atoms with E-state index in [-0.39, 0.29) is 11.4 Å². The number of hydrogen-bond acceptors (Lipinski definition) is 4. The number of nitrogens with zero attached hydrogens (tertiary/aromatic N) is 3. The molecule has 1 aromatic heterocycles. The molecule has 0 unspecified atom stereocenters. The number of aromatic hydroxyl groups is 1. The summed E-state index contributed by atoms with van der Waals surface area (Å²) >= 11 is 0. The van der Waals surface area contributed by atoms with Crippen LogP contribution in [0.25, 0.3) is 12.2 Å². The van der Waals surface area contributed by atoms with Crippen molar-refractivity contribution >= 4 is 17.8 Å². The van der Waals surface area contributed by atoms with Gasteiger partial charge in [-0.3, -0.25) is 13.9 Å². The Kier molecular flexibility index (Phi) is 4.57. The van der Waals surface area contributed by atoms with E-state index < -0.39 is 11.2 Å². The van der Waals surface area contributed by atoms with E-state index in [1.165, 1.54) is 20.2 Å². The molecular formula is C17H19N3O3. The van der Waals surface area contributed by atoms with Gasteiger partial charge in [-0.1, -0.05) is 12.1 Å². The lowest BCUT2D eigenvalue weighted by Crippen LogP contribution is -2.37. The van der Waals surface area contributed by atoms with Crippen LogP contribution in [0.15, 0.2) is 39.6 Å². The second-order valence-electron chi connectivity index (χ2n) is 5.38. The monoisotopic (exact) mass is 313 g/mol. The van der Waals surface area contributed by atoms with Crippen LogP contribution in [-0.4, -0.2) is 28.3 Å². The number of hydrogen-bond donors (Lipinski definition) is 1. The molecule has 2 rings (SSSR count). The van der Waals surface area contributed by atoms with Crippen molar-refractivity contribution in [3.05, 3.63) is 62.0 Å². The van der Waals surface area contributed by atoms with E-state index in [1.54, 1.807) is 6.08 Å². The molecule has 0 aliphatic heterocycles. The third-order valence-corrected chi connectivity index (χ3v) is 3.55. The molecule has 1 aromatic carbocycles. The molecule has 0 saturated heterocycles. The zero-order valence-corrected chi connectivity index (χ0v) is 13.6. The van der Waals surface area contributed by atoms with E-state index in [0.717, 1.165) is 20.4 Å². The van der Waals surface area contributed by atoms with Crippen LogP contribution in [0, 0.1) is 0 Å². The van der Waals surface area contributed by atoms with Crippen LogP contribution in [-0.2, 0) is 14.1 Å². The van der Waals surface area contributed by atoms with Gasteiger partial charge in [0.25, 0.3) is 5.56 Å². The van der Waals surface area contributed by atoms with E-state index in [2.05, 4.69) is 5.73 Å². The highest BCUT2D eigenvalue weighted by Crippen LogP contribution is 2.14. The number of rotatable bonds is 3. The molecule has 0 aliphatic carbocycles. The van der Waals surface area contributed by atoms with Crippen molar-refractivity contribution < 1.29 is 5.11 Å². The third-order valence-electron chi connectivity index (χ3n) is 3.55. The maximum absolute atomic E-state index is 12.0. The molecule has 120 valence electrons. The molecule has 6 nitrogen and oxygen atoms in total. The van der Waals surface area contributed by atoms with Gasteiger partial charge < -0.3 is 10.0 Å². The summed E-state index contributed by atoms with van der Waals surface area (Å²) in [6, 6.07) is 7.79. The molecule has 0 saturated carbocycles. The molecule has 0 aliphatic rings. The van der Waals surface area contributed by atoms with Crippen LogP contribution in [0.2, 0.25) is 0 Å². The minimum absolute atomic E-state index is 0.0239. The predicted octanol–water partition coefficient (Wildman–Crippen LogP) is 1.18. The highest BCUT2D eigenvalue weighted by Gasteiger charge is 2.11. The first-order valence-electron chi connectivity index (χ1n) is 7.01. The van der Waals surface area contributed by atoms with E-state index in [9.17, 15) is 14.7 Å². The van der Waals surface area contributed by atoms with Crippen molar-refractivity contribution in [2.75, 3.05) is 19.0 Å². The predicted molar refractivity (Wildman–Crippen MR) is 91.8 cm³/mol. The van der Waals surface area contributed by atoms with Crippen molar-refractivity contribution in [2.24, 2.45) is 14.1 Å². The second-order valence-corrected chi connectivity index (χ2v) is 5.38. The van der Waals surface area contributed by atoms with Crippen LogP contribution in [0.4, 0.5) is 5.69 Å². The SMILES string of the molecule is CN(C)c1ccc(C=C=Cc2c(O)n(C)c(=O)n(C)c2=O)cc1. The molecule has 0 atom stereocenters. The Bertz CT molecular complexity index is 896. The minimum atomic E-state index is -0.576. The molecule has 1 N–H and O–H groups in total. The Hall–Kier alpha value is -2.98. The Balaban J connectivity index is 2.41. The highest BCUT2D eigenvalue weighted by atomic mass is 16.3. The van der Waals surface area contributed by atoms with Crippen LogP contribution < -0.4 is 16.1 Å². The molecule has 0 bridgehead atoms. The van der Waals surface area contributed by atoms with E-state index >= 15 is 0 Å². The summed E-state index contributed by atoms with van der Waals surface area (Å²) in [4.78, 5) is 25.7. The Morgan fingerprint density at radius 2 is 1.65 bits per heavy atom. The smallest absolute Gasteiger partial charge is 0.333 e. The summed E-state index contributed by atoms with van der Waals surface area (Å²) in [7, 11) is 6.69. The summed E-state index contributed by atoms with van der Waals surface area (Å²) in [5, 5.41) is 9.94. The van der Waals surface area contributed by atoms with Gasteiger partial charge >= 0.3 is 5.69 Å². The van der Waals surface area contributed by atoms with E-state index in [0.29, 0.717) is 0 Å². The maximum Gasteiger partial charge on any atom is 0.333 e. The second kappa shape index (κ2) is 6.42. The quantitative estimate of drug-likeness (QED) is 0.864. The van der Waals surface area contributed by atoms with Gasteiger partial charge in [-0.05, 0) is 29.8 Å². The van der Waals surface area contributed by atoms with Gasteiger partial charge in [0.05, 0.1) is 0 Å². The first-order valence-corrected chi connectivity index (χ1v) is 7.01. The molecule has 23 heavy (non-hydrogen) atoms. The Morgan fingerprint density at radius 1 is 1.04 bits per heavy atom. The highest BCUT2D eigenvalue weighted by molar-refractivity contribution is 5.61. The van der Waals surface area contributed by atoms with Crippen molar-refractivity contribution in [3.63, 3.8) is 0 Å². The summed E-state index contributed by atoms with van der Waals surface area (Å²) in [6.07, 6.45) is 3.07. The molecule has 2 aromatic rings. The Labute approximate surface area is 133 Å². The fraction of sp³-hybridized carbons (Fsp3) is 0.235. The summed E-state index contributed by atoms with van der Waals surface area (Å²) in [6.45, 7) is 0. The first-order chi connectivity index (χ1) is 10.8. The molecule has 0 spiro atoms. The van der Waals surface area contributed by atoms with Gasteiger partial charge in [-0.15, -0.1) is 5.73 Å². The standard InChI is InChI=1S/C17H19N3O3/c1-18(2)13-10-8-12(9-11-13)6-5-7-14-15(21)19(3)17(23)20(4)16(14)22/h6-11,21H,1-4H3. The van der Waals surface area contributed by atoms with Gasteiger partial charge in [-0.25, -0.2) is 4.79 Å². The van der Waals surface area contributed by atoms with E-state index in [1.807, 2.05) is 43.3 Å². The zero-order valence-electron chi connectivity index (χ0n) is 13.6. The molecule has 0 amide bonds. The average molecular weight is 313 g/mol. The third kappa shape index (κ3) is 3.27. The van der Waals surface area contributed by atoms with Crippen LogP contribution in [0.3, 0.4) is 0 Å². The summed E-state index contributed by atoms with van der Waals surface area (Å²) in [5.74, 6) is -0.373. The van der Waals surface area contributed by atoms with Gasteiger partial charge in [0.1, 0.15) is 5.56 Å². The fourth-order valence-electron chi connectivity index (χ4n) is 2.08. The lowest BCUT2D eigenvalue weighted by Gasteiger charge is -2.11. The lowest BCUT2D eigenvalue weighted by molar-refractivity contribution is 0.410. The Morgan fingerprint density at radius 3 is 2.22 bits per heavy atom. The average Bonchev–Trinajstić information content (AvgIpc) is 2.54.